The molecule has 3 heteroatoms. The summed E-state index contributed by atoms with van der Waals surface area (Å²) in [7, 11) is 0. The van der Waals surface area contributed by atoms with Gasteiger partial charge in [-0.3, -0.25) is 9.88 Å². The Morgan fingerprint density at radius 1 is 1.33 bits per heavy atom. The van der Waals surface area contributed by atoms with E-state index in [1.165, 1.54) is 0 Å². The van der Waals surface area contributed by atoms with Gasteiger partial charge in [0.2, 0.25) is 0 Å². The van der Waals surface area contributed by atoms with Gasteiger partial charge in [0.25, 0.3) is 0 Å². The molecule has 3 nitrogen and oxygen atoms in total. The van der Waals surface area contributed by atoms with Crippen molar-refractivity contribution in [3.63, 3.8) is 0 Å². The van der Waals surface area contributed by atoms with Crippen LogP contribution in [0.1, 0.15) is 19.5 Å². The van der Waals surface area contributed by atoms with Gasteiger partial charge in [-0.25, -0.2) is 0 Å². The highest BCUT2D eigenvalue weighted by atomic mass is 15.1. The molecule has 1 aromatic rings. The van der Waals surface area contributed by atoms with Gasteiger partial charge in [-0.05, 0) is 25.2 Å². The molecule has 0 saturated heterocycles. The fourth-order valence-corrected chi connectivity index (χ4v) is 1.48. The summed E-state index contributed by atoms with van der Waals surface area (Å²) in [5.41, 5.74) is 1.15. The van der Waals surface area contributed by atoms with E-state index in [9.17, 15) is 0 Å². The first-order valence-corrected chi connectivity index (χ1v) is 5.69. The Morgan fingerprint density at radius 2 is 2.20 bits per heavy atom. The molecule has 0 unspecified atom stereocenters. The van der Waals surface area contributed by atoms with Crippen LogP contribution in [0, 0.1) is 0 Å². The molecule has 0 spiro atoms. The van der Waals surface area contributed by atoms with Crippen LogP contribution in [0.2, 0.25) is 0 Å². The lowest BCUT2D eigenvalue weighted by atomic mass is 10.3. The second kappa shape index (κ2) is 7.37. The molecule has 0 aliphatic heterocycles. The summed E-state index contributed by atoms with van der Waals surface area (Å²) in [4.78, 5) is 6.73. The Bertz CT molecular complexity index is 248. The molecule has 1 N–H and O–H groups in total. The van der Waals surface area contributed by atoms with E-state index in [0.29, 0.717) is 0 Å². The maximum absolute atomic E-state index is 4.33. The quantitative estimate of drug-likeness (QED) is 0.687. The molecule has 0 saturated carbocycles. The number of nitrogens with one attached hydrogen (secondary N) is 1. The molecule has 0 aromatic carbocycles. The second-order valence-corrected chi connectivity index (χ2v) is 3.54. The summed E-state index contributed by atoms with van der Waals surface area (Å²) in [6, 6.07) is 6.08. The van der Waals surface area contributed by atoms with E-state index < -0.39 is 0 Å². The summed E-state index contributed by atoms with van der Waals surface area (Å²) in [6.45, 7) is 9.52. The molecular weight excluding hydrogens is 186 g/mol. The van der Waals surface area contributed by atoms with Gasteiger partial charge >= 0.3 is 0 Å². The number of likely N-dealkylation sites (N-methyl/N-ethyl adjacent to an activating group) is 2. The molecule has 0 fully saturated rings. The predicted octanol–water partition coefficient (Wildman–Crippen LogP) is 1.51. The molecule has 0 amide bonds. The topological polar surface area (TPSA) is 28.2 Å². The van der Waals surface area contributed by atoms with Gasteiger partial charge in [-0.2, -0.15) is 0 Å². The number of hydrogen-bond donors (Lipinski definition) is 1. The highest BCUT2D eigenvalue weighted by molar-refractivity contribution is 5.03. The van der Waals surface area contributed by atoms with Crippen molar-refractivity contribution in [3.8, 4) is 0 Å². The smallest absolute Gasteiger partial charge is 0.0543 e. The van der Waals surface area contributed by atoms with Crippen molar-refractivity contribution in [2.24, 2.45) is 0 Å². The lowest BCUT2D eigenvalue weighted by molar-refractivity contribution is 0.277. The Balaban J connectivity index is 2.33. The Morgan fingerprint density at radius 3 is 2.80 bits per heavy atom. The normalized spacial score (nSPS) is 10.9. The second-order valence-electron chi connectivity index (χ2n) is 3.54. The Kier molecular flexibility index (Phi) is 5.97. The number of pyridine rings is 1. The summed E-state index contributed by atoms with van der Waals surface area (Å²) in [6.07, 6.45) is 1.85. The van der Waals surface area contributed by atoms with Crippen LogP contribution in [0.15, 0.2) is 24.4 Å². The van der Waals surface area contributed by atoms with Crippen molar-refractivity contribution in [1.82, 2.24) is 15.2 Å². The van der Waals surface area contributed by atoms with E-state index in [-0.39, 0.29) is 0 Å². The minimum atomic E-state index is 0.947. The average molecular weight is 207 g/mol. The Hall–Kier alpha value is -0.930. The van der Waals surface area contributed by atoms with Crippen LogP contribution in [-0.4, -0.2) is 36.1 Å². The highest BCUT2D eigenvalue weighted by Gasteiger charge is 2.02. The largest absolute Gasteiger partial charge is 0.316 e. The van der Waals surface area contributed by atoms with Crippen molar-refractivity contribution in [3.05, 3.63) is 30.1 Å². The van der Waals surface area contributed by atoms with Crippen molar-refractivity contribution < 1.29 is 0 Å². The van der Waals surface area contributed by atoms with Gasteiger partial charge in [-0.1, -0.05) is 19.9 Å². The molecule has 0 bridgehead atoms. The van der Waals surface area contributed by atoms with E-state index in [1.807, 2.05) is 18.3 Å². The summed E-state index contributed by atoms with van der Waals surface area (Å²) in [5.74, 6) is 0. The van der Waals surface area contributed by atoms with Gasteiger partial charge in [0.15, 0.2) is 0 Å². The fraction of sp³-hybridized carbons (Fsp3) is 0.583. The summed E-state index contributed by atoms with van der Waals surface area (Å²) < 4.78 is 0. The van der Waals surface area contributed by atoms with Crippen molar-refractivity contribution in [1.29, 1.82) is 0 Å². The first-order valence-electron chi connectivity index (χ1n) is 5.69. The van der Waals surface area contributed by atoms with E-state index in [4.69, 9.17) is 0 Å². The summed E-state index contributed by atoms with van der Waals surface area (Å²) >= 11 is 0. The SMILES string of the molecule is CCNCCN(CC)Cc1ccccn1. The average Bonchev–Trinajstić information content (AvgIpc) is 2.29. The van der Waals surface area contributed by atoms with Crippen molar-refractivity contribution in [2.75, 3.05) is 26.2 Å². The van der Waals surface area contributed by atoms with Crippen LogP contribution < -0.4 is 5.32 Å². The van der Waals surface area contributed by atoms with Crippen LogP contribution >= 0.6 is 0 Å². The Labute approximate surface area is 92.5 Å². The molecule has 0 aliphatic carbocycles. The third-order valence-corrected chi connectivity index (χ3v) is 2.41. The first-order chi connectivity index (χ1) is 7.36. The van der Waals surface area contributed by atoms with Crippen LogP contribution in [0.4, 0.5) is 0 Å². The molecule has 0 atom stereocenters. The van der Waals surface area contributed by atoms with Gasteiger partial charge in [-0.15, -0.1) is 0 Å². The van der Waals surface area contributed by atoms with Crippen LogP contribution in [-0.2, 0) is 6.54 Å². The van der Waals surface area contributed by atoms with Gasteiger partial charge in [0, 0.05) is 25.8 Å². The standard InChI is InChI=1S/C12H21N3/c1-3-13-9-10-15(4-2)11-12-7-5-6-8-14-12/h5-8,13H,3-4,9-11H2,1-2H3. The van der Waals surface area contributed by atoms with E-state index in [2.05, 4.69) is 35.1 Å². The number of hydrogen-bond acceptors (Lipinski definition) is 3. The maximum Gasteiger partial charge on any atom is 0.0543 e. The first kappa shape index (κ1) is 12.1. The molecule has 0 aliphatic rings. The third-order valence-electron chi connectivity index (χ3n) is 2.41. The van der Waals surface area contributed by atoms with Gasteiger partial charge in [0.05, 0.1) is 5.69 Å². The molecule has 1 aromatic heterocycles. The van der Waals surface area contributed by atoms with E-state index in [1.54, 1.807) is 0 Å². The summed E-state index contributed by atoms with van der Waals surface area (Å²) in [5, 5.41) is 3.34. The fourth-order valence-electron chi connectivity index (χ4n) is 1.48. The van der Waals surface area contributed by atoms with Crippen LogP contribution in [0.3, 0.4) is 0 Å². The predicted molar refractivity (Wildman–Crippen MR) is 63.7 cm³/mol. The number of aromatic nitrogens is 1. The van der Waals surface area contributed by atoms with Gasteiger partial charge < -0.3 is 5.32 Å². The molecule has 1 heterocycles. The lowest BCUT2D eigenvalue weighted by Crippen LogP contribution is -2.31. The van der Waals surface area contributed by atoms with Crippen LogP contribution in [0.25, 0.3) is 0 Å². The molecule has 0 radical (unpaired) electrons. The lowest BCUT2D eigenvalue weighted by Gasteiger charge is -2.19. The van der Waals surface area contributed by atoms with E-state index >= 15 is 0 Å². The minimum absolute atomic E-state index is 0.947. The van der Waals surface area contributed by atoms with Crippen molar-refractivity contribution >= 4 is 0 Å². The maximum atomic E-state index is 4.33. The minimum Gasteiger partial charge on any atom is -0.316 e. The zero-order chi connectivity index (χ0) is 10.9. The zero-order valence-corrected chi connectivity index (χ0v) is 9.74. The molecule has 1 rings (SSSR count). The highest BCUT2D eigenvalue weighted by Crippen LogP contribution is 1.99. The number of nitrogens with zero attached hydrogens (tertiary/aromatic N) is 2. The van der Waals surface area contributed by atoms with E-state index in [0.717, 1.165) is 38.4 Å². The van der Waals surface area contributed by atoms with Crippen molar-refractivity contribution in [2.45, 2.75) is 20.4 Å². The van der Waals surface area contributed by atoms with Crippen LogP contribution in [0.5, 0.6) is 0 Å². The zero-order valence-electron chi connectivity index (χ0n) is 9.74. The third kappa shape index (κ3) is 4.91. The van der Waals surface area contributed by atoms with Gasteiger partial charge in [0.1, 0.15) is 0 Å². The molecule has 15 heavy (non-hydrogen) atoms. The number of rotatable bonds is 7. The molecule has 84 valence electrons. The monoisotopic (exact) mass is 207 g/mol. The molecular formula is C12H21N3.